The van der Waals surface area contributed by atoms with Gasteiger partial charge in [0.05, 0.1) is 17.5 Å². The van der Waals surface area contributed by atoms with Gasteiger partial charge in [-0.3, -0.25) is 4.90 Å². The van der Waals surface area contributed by atoms with Crippen LogP contribution in [0.2, 0.25) is 0 Å². The predicted molar refractivity (Wildman–Crippen MR) is 114 cm³/mol. The van der Waals surface area contributed by atoms with Gasteiger partial charge in [-0.05, 0) is 49.2 Å². The summed E-state index contributed by atoms with van der Waals surface area (Å²) in [7, 11) is 0. The van der Waals surface area contributed by atoms with Crippen LogP contribution in [0, 0.1) is 0 Å². The number of rotatable bonds is 7. The van der Waals surface area contributed by atoms with Crippen LogP contribution < -0.4 is 9.64 Å². The van der Waals surface area contributed by atoms with E-state index < -0.39 is 0 Å². The summed E-state index contributed by atoms with van der Waals surface area (Å²) >= 11 is 0. The van der Waals surface area contributed by atoms with Gasteiger partial charge in [0.25, 0.3) is 0 Å². The Morgan fingerprint density at radius 3 is 2.60 bits per heavy atom. The standard InChI is InChI=1S/C21H28N8O/c1-4-16-12-18(30-15(2)3)13-19(20(16)21-24-26-27-25-21)29-10-8-28(9-11-29)14-17-6-5-7-22-23-17/h5-7,12-13,15H,4,8-11,14H2,1-3H3,(H,24,25,26,27). The Morgan fingerprint density at radius 2 is 1.97 bits per heavy atom. The summed E-state index contributed by atoms with van der Waals surface area (Å²) in [4.78, 5) is 4.80. The van der Waals surface area contributed by atoms with Gasteiger partial charge in [0.15, 0.2) is 0 Å². The van der Waals surface area contributed by atoms with E-state index in [0.29, 0.717) is 5.82 Å². The maximum absolute atomic E-state index is 6.04. The molecule has 0 radical (unpaired) electrons. The molecule has 1 aliphatic rings. The number of aromatic nitrogens is 6. The van der Waals surface area contributed by atoms with E-state index in [4.69, 9.17) is 4.74 Å². The molecule has 0 spiro atoms. The first-order valence-electron chi connectivity index (χ1n) is 10.4. The summed E-state index contributed by atoms with van der Waals surface area (Å²) in [5, 5.41) is 23.1. The van der Waals surface area contributed by atoms with Crippen molar-refractivity contribution in [3.05, 3.63) is 41.7 Å². The lowest BCUT2D eigenvalue weighted by atomic mass is 10.00. The molecular weight excluding hydrogens is 380 g/mol. The molecule has 1 aliphatic heterocycles. The van der Waals surface area contributed by atoms with E-state index in [1.165, 1.54) is 0 Å². The van der Waals surface area contributed by atoms with Crippen LogP contribution >= 0.6 is 0 Å². The number of tetrazole rings is 1. The Bertz CT molecular complexity index is 937. The van der Waals surface area contributed by atoms with E-state index in [9.17, 15) is 0 Å². The van der Waals surface area contributed by atoms with Crippen molar-refractivity contribution < 1.29 is 4.74 Å². The topological polar surface area (TPSA) is 96.0 Å². The van der Waals surface area contributed by atoms with Crippen molar-refractivity contribution in [2.24, 2.45) is 0 Å². The SMILES string of the molecule is CCc1cc(OC(C)C)cc(N2CCN(Cc3cccnn3)CC2)c1-c1nn[nH]n1. The number of aryl methyl sites for hydroxylation is 1. The molecule has 1 saturated heterocycles. The minimum absolute atomic E-state index is 0.113. The van der Waals surface area contributed by atoms with Gasteiger partial charge in [-0.2, -0.15) is 15.4 Å². The summed E-state index contributed by atoms with van der Waals surface area (Å²) < 4.78 is 6.04. The highest BCUT2D eigenvalue weighted by molar-refractivity contribution is 5.79. The average Bonchev–Trinajstić information content (AvgIpc) is 3.28. The van der Waals surface area contributed by atoms with Gasteiger partial charge in [-0.25, -0.2) is 0 Å². The van der Waals surface area contributed by atoms with Crippen molar-refractivity contribution in [3.63, 3.8) is 0 Å². The summed E-state index contributed by atoms with van der Waals surface area (Å²) in [6.45, 7) is 10.7. The molecule has 9 nitrogen and oxygen atoms in total. The summed E-state index contributed by atoms with van der Waals surface area (Å²) in [6.07, 6.45) is 2.68. The van der Waals surface area contributed by atoms with Gasteiger partial charge in [-0.1, -0.05) is 6.92 Å². The van der Waals surface area contributed by atoms with Crippen molar-refractivity contribution in [2.45, 2.75) is 39.8 Å². The first kappa shape index (κ1) is 20.2. The van der Waals surface area contributed by atoms with Crippen LogP contribution in [0.3, 0.4) is 0 Å². The molecule has 3 aromatic rings. The molecule has 30 heavy (non-hydrogen) atoms. The number of ether oxygens (including phenoxy) is 1. The highest BCUT2D eigenvalue weighted by atomic mass is 16.5. The van der Waals surface area contributed by atoms with Crippen LogP contribution in [0.15, 0.2) is 30.5 Å². The first-order valence-corrected chi connectivity index (χ1v) is 10.4. The van der Waals surface area contributed by atoms with Gasteiger partial charge in [0.2, 0.25) is 5.82 Å². The molecule has 1 fully saturated rings. The molecule has 0 aliphatic carbocycles. The van der Waals surface area contributed by atoms with E-state index >= 15 is 0 Å². The lowest BCUT2D eigenvalue weighted by Crippen LogP contribution is -2.46. The van der Waals surface area contributed by atoms with Gasteiger partial charge >= 0.3 is 0 Å². The zero-order valence-electron chi connectivity index (χ0n) is 17.7. The molecule has 3 heterocycles. The number of benzene rings is 1. The van der Waals surface area contributed by atoms with Crippen LogP contribution in [0.5, 0.6) is 5.75 Å². The van der Waals surface area contributed by atoms with E-state index in [1.54, 1.807) is 6.20 Å². The van der Waals surface area contributed by atoms with E-state index in [2.05, 4.69) is 59.7 Å². The third-order valence-corrected chi connectivity index (χ3v) is 5.22. The molecule has 158 valence electrons. The number of piperazine rings is 1. The van der Waals surface area contributed by atoms with Gasteiger partial charge in [-0.15, -0.1) is 10.2 Å². The Labute approximate surface area is 176 Å². The molecular formula is C21H28N8O. The minimum Gasteiger partial charge on any atom is -0.491 e. The molecule has 1 N–H and O–H groups in total. The van der Waals surface area contributed by atoms with Gasteiger partial charge in [0.1, 0.15) is 5.75 Å². The van der Waals surface area contributed by atoms with Crippen molar-refractivity contribution in [1.29, 1.82) is 0 Å². The molecule has 4 rings (SSSR count). The maximum atomic E-state index is 6.04. The Hall–Kier alpha value is -3.07. The smallest absolute Gasteiger partial charge is 0.207 e. The highest BCUT2D eigenvalue weighted by Gasteiger charge is 2.24. The monoisotopic (exact) mass is 408 g/mol. The third kappa shape index (κ3) is 4.56. The number of hydrogen-bond acceptors (Lipinski definition) is 8. The fourth-order valence-electron chi connectivity index (χ4n) is 3.85. The number of hydrogen-bond donors (Lipinski definition) is 1. The highest BCUT2D eigenvalue weighted by Crippen LogP contribution is 2.37. The fraction of sp³-hybridized carbons (Fsp3) is 0.476. The summed E-state index contributed by atoms with van der Waals surface area (Å²) in [6, 6.07) is 8.17. The lowest BCUT2D eigenvalue weighted by molar-refractivity contribution is 0.240. The Kier molecular flexibility index (Phi) is 6.18. The van der Waals surface area contributed by atoms with Crippen LogP contribution in [0.4, 0.5) is 5.69 Å². The second-order valence-electron chi connectivity index (χ2n) is 7.71. The third-order valence-electron chi connectivity index (χ3n) is 5.22. The molecule has 0 amide bonds. The largest absolute Gasteiger partial charge is 0.491 e. The number of anilines is 1. The second-order valence-corrected chi connectivity index (χ2v) is 7.71. The summed E-state index contributed by atoms with van der Waals surface area (Å²) in [5.41, 5.74) is 4.29. The van der Waals surface area contributed by atoms with Crippen molar-refractivity contribution in [1.82, 2.24) is 35.7 Å². The first-order chi connectivity index (χ1) is 14.6. The van der Waals surface area contributed by atoms with Crippen LogP contribution in [-0.4, -0.2) is 68.0 Å². The zero-order valence-corrected chi connectivity index (χ0v) is 17.7. The fourth-order valence-corrected chi connectivity index (χ4v) is 3.85. The molecule has 0 atom stereocenters. The molecule has 0 unspecified atom stereocenters. The number of aromatic amines is 1. The predicted octanol–water partition coefficient (Wildman–Crippen LogP) is 2.33. The van der Waals surface area contributed by atoms with Crippen LogP contribution in [-0.2, 0) is 13.0 Å². The molecule has 0 bridgehead atoms. The van der Waals surface area contributed by atoms with E-state index in [0.717, 1.165) is 67.4 Å². The molecule has 9 heteroatoms. The number of nitrogens with zero attached hydrogens (tertiary/aromatic N) is 7. The van der Waals surface area contributed by atoms with Crippen molar-refractivity contribution in [2.75, 3.05) is 31.1 Å². The van der Waals surface area contributed by atoms with Crippen molar-refractivity contribution >= 4 is 5.69 Å². The Balaban J connectivity index is 1.59. The second kappa shape index (κ2) is 9.17. The molecule has 0 saturated carbocycles. The zero-order chi connectivity index (χ0) is 20.9. The lowest BCUT2D eigenvalue weighted by Gasteiger charge is -2.37. The summed E-state index contributed by atoms with van der Waals surface area (Å²) in [5.74, 6) is 1.51. The molecule has 2 aromatic heterocycles. The van der Waals surface area contributed by atoms with Gasteiger partial charge < -0.3 is 9.64 Å². The van der Waals surface area contributed by atoms with E-state index in [-0.39, 0.29) is 6.10 Å². The van der Waals surface area contributed by atoms with Crippen LogP contribution in [0.1, 0.15) is 32.0 Å². The molecule has 1 aromatic carbocycles. The minimum atomic E-state index is 0.113. The normalized spacial score (nSPS) is 15.0. The number of H-pyrrole nitrogens is 1. The van der Waals surface area contributed by atoms with Crippen molar-refractivity contribution in [3.8, 4) is 17.1 Å². The number of nitrogens with one attached hydrogen (secondary N) is 1. The maximum Gasteiger partial charge on any atom is 0.207 e. The van der Waals surface area contributed by atoms with Gasteiger partial charge in [0, 0.05) is 50.6 Å². The Morgan fingerprint density at radius 1 is 1.13 bits per heavy atom. The average molecular weight is 409 g/mol. The van der Waals surface area contributed by atoms with Crippen LogP contribution in [0.25, 0.3) is 11.4 Å². The van der Waals surface area contributed by atoms with E-state index in [1.807, 2.05) is 26.0 Å². The quantitative estimate of drug-likeness (QED) is 0.636.